The quantitative estimate of drug-likeness (QED) is 0.599. The highest BCUT2D eigenvalue weighted by Crippen LogP contribution is 2.36. The SMILES string of the molecule is O=C1Cc2cc([N+](=O)[O-])ccc2N1C1CCN(C(=O)C(F)(F)F)CC1. The number of nitrogens with zero attached hydrogens (tertiary/aromatic N) is 3. The smallest absolute Gasteiger partial charge is 0.335 e. The standard InChI is InChI=1S/C15H14F3N3O4/c16-15(17,18)14(23)19-5-3-10(4-6-19)20-12-2-1-11(21(24)25)7-9(12)8-13(20)22/h1-2,7,10H,3-6,8H2. The molecule has 2 amide bonds. The third-order valence-corrected chi connectivity index (χ3v) is 4.50. The number of piperidine rings is 1. The molecule has 1 saturated heterocycles. The molecular formula is C15H14F3N3O4. The largest absolute Gasteiger partial charge is 0.471 e. The molecule has 0 aliphatic carbocycles. The Morgan fingerprint density at radius 1 is 1.24 bits per heavy atom. The number of fused-ring (bicyclic) bond motifs is 1. The van der Waals surface area contributed by atoms with Crippen LogP contribution in [0.3, 0.4) is 0 Å². The third-order valence-electron chi connectivity index (χ3n) is 4.50. The number of likely N-dealkylation sites (tertiary alicyclic amines) is 1. The number of alkyl halides is 3. The van der Waals surface area contributed by atoms with E-state index in [9.17, 15) is 32.9 Å². The van der Waals surface area contributed by atoms with Crippen LogP contribution in [-0.2, 0) is 16.0 Å². The fourth-order valence-electron chi connectivity index (χ4n) is 3.35. The Balaban J connectivity index is 1.74. The van der Waals surface area contributed by atoms with Crippen LogP contribution in [0.5, 0.6) is 0 Å². The molecule has 3 rings (SSSR count). The summed E-state index contributed by atoms with van der Waals surface area (Å²) in [5.41, 5.74) is 0.975. The number of nitro benzene ring substituents is 1. The van der Waals surface area contributed by atoms with Gasteiger partial charge in [-0.25, -0.2) is 0 Å². The molecule has 1 fully saturated rings. The van der Waals surface area contributed by atoms with Crippen LogP contribution in [0.25, 0.3) is 0 Å². The van der Waals surface area contributed by atoms with Gasteiger partial charge in [0.1, 0.15) is 0 Å². The van der Waals surface area contributed by atoms with Crippen molar-refractivity contribution in [3.05, 3.63) is 33.9 Å². The molecule has 2 aliphatic heterocycles. The lowest BCUT2D eigenvalue weighted by molar-refractivity contribution is -0.384. The number of rotatable bonds is 2. The van der Waals surface area contributed by atoms with E-state index in [-0.39, 0.29) is 50.0 Å². The summed E-state index contributed by atoms with van der Waals surface area (Å²) in [5.74, 6) is -2.11. The number of halogens is 3. The average Bonchev–Trinajstić information content (AvgIpc) is 2.88. The zero-order chi connectivity index (χ0) is 18.4. The first kappa shape index (κ1) is 17.2. The predicted molar refractivity (Wildman–Crippen MR) is 79.9 cm³/mol. The number of carbonyl (C=O) groups is 2. The number of nitro groups is 1. The van der Waals surface area contributed by atoms with Crippen LogP contribution < -0.4 is 4.90 Å². The zero-order valence-electron chi connectivity index (χ0n) is 13.0. The Morgan fingerprint density at radius 3 is 2.44 bits per heavy atom. The van der Waals surface area contributed by atoms with E-state index >= 15 is 0 Å². The van der Waals surface area contributed by atoms with Gasteiger partial charge in [-0.3, -0.25) is 19.7 Å². The molecule has 2 aliphatic rings. The molecule has 1 aromatic rings. The molecule has 2 heterocycles. The molecular weight excluding hydrogens is 343 g/mol. The van der Waals surface area contributed by atoms with Crippen molar-refractivity contribution in [1.29, 1.82) is 0 Å². The lowest BCUT2D eigenvalue weighted by atomic mass is 10.0. The lowest BCUT2D eigenvalue weighted by Gasteiger charge is -2.37. The minimum Gasteiger partial charge on any atom is -0.335 e. The summed E-state index contributed by atoms with van der Waals surface area (Å²) in [6.45, 7) is -0.176. The van der Waals surface area contributed by atoms with Gasteiger partial charge >= 0.3 is 12.1 Å². The van der Waals surface area contributed by atoms with Crippen molar-refractivity contribution in [3.8, 4) is 0 Å². The molecule has 25 heavy (non-hydrogen) atoms. The van der Waals surface area contributed by atoms with Gasteiger partial charge < -0.3 is 9.80 Å². The monoisotopic (exact) mass is 357 g/mol. The van der Waals surface area contributed by atoms with E-state index in [2.05, 4.69) is 0 Å². The van der Waals surface area contributed by atoms with Crippen molar-refractivity contribution >= 4 is 23.2 Å². The van der Waals surface area contributed by atoms with Gasteiger partial charge in [0.25, 0.3) is 5.69 Å². The number of hydrogen-bond donors (Lipinski definition) is 0. The van der Waals surface area contributed by atoms with Crippen LogP contribution in [0, 0.1) is 10.1 Å². The van der Waals surface area contributed by atoms with E-state index in [1.54, 1.807) is 0 Å². The molecule has 134 valence electrons. The van der Waals surface area contributed by atoms with Crippen molar-refractivity contribution in [2.24, 2.45) is 0 Å². The lowest BCUT2D eigenvalue weighted by Crippen LogP contribution is -2.50. The summed E-state index contributed by atoms with van der Waals surface area (Å²) in [6, 6.07) is 3.81. The van der Waals surface area contributed by atoms with Gasteiger partial charge in [-0.15, -0.1) is 0 Å². The third kappa shape index (κ3) is 3.15. The van der Waals surface area contributed by atoms with Gasteiger partial charge in [-0.05, 0) is 24.5 Å². The first-order chi connectivity index (χ1) is 11.7. The number of anilines is 1. The minimum absolute atomic E-state index is 0.0265. The first-order valence-corrected chi connectivity index (χ1v) is 7.64. The van der Waals surface area contributed by atoms with Gasteiger partial charge in [0.2, 0.25) is 5.91 Å². The summed E-state index contributed by atoms with van der Waals surface area (Å²) < 4.78 is 37.4. The van der Waals surface area contributed by atoms with Gasteiger partial charge in [-0.1, -0.05) is 0 Å². The fourth-order valence-corrected chi connectivity index (χ4v) is 3.35. The predicted octanol–water partition coefficient (Wildman–Crippen LogP) is 2.04. The van der Waals surface area contributed by atoms with Gasteiger partial charge in [0.05, 0.1) is 11.3 Å². The van der Waals surface area contributed by atoms with Crippen molar-refractivity contribution in [3.63, 3.8) is 0 Å². The van der Waals surface area contributed by atoms with E-state index in [1.165, 1.54) is 23.1 Å². The summed E-state index contributed by atoms with van der Waals surface area (Å²) in [5, 5.41) is 10.8. The number of hydrogen-bond acceptors (Lipinski definition) is 4. The van der Waals surface area contributed by atoms with Crippen LogP contribution >= 0.6 is 0 Å². The molecule has 1 aromatic carbocycles. The summed E-state index contributed by atoms with van der Waals surface area (Å²) in [7, 11) is 0. The maximum atomic E-state index is 12.5. The molecule has 0 atom stereocenters. The average molecular weight is 357 g/mol. The highest BCUT2D eigenvalue weighted by atomic mass is 19.4. The Labute approximate surface area is 140 Å². The molecule has 0 bridgehead atoms. The highest BCUT2D eigenvalue weighted by molar-refractivity contribution is 6.02. The van der Waals surface area contributed by atoms with E-state index in [0.29, 0.717) is 11.3 Å². The topological polar surface area (TPSA) is 83.8 Å². The molecule has 0 unspecified atom stereocenters. The Bertz CT molecular complexity index is 742. The van der Waals surface area contributed by atoms with Crippen molar-refractivity contribution in [2.45, 2.75) is 31.5 Å². The van der Waals surface area contributed by atoms with Crippen LogP contribution in [-0.4, -0.2) is 46.9 Å². The molecule has 0 aromatic heterocycles. The summed E-state index contributed by atoms with van der Waals surface area (Å²) in [4.78, 5) is 36.1. The van der Waals surface area contributed by atoms with Crippen LogP contribution in [0.15, 0.2) is 18.2 Å². The molecule has 0 radical (unpaired) electrons. The van der Waals surface area contributed by atoms with E-state index in [0.717, 1.165) is 4.90 Å². The van der Waals surface area contributed by atoms with Gasteiger partial charge in [-0.2, -0.15) is 13.2 Å². The Hall–Kier alpha value is -2.65. The van der Waals surface area contributed by atoms with Crippen molar-refractivity contribution in [1.82, 2.24) is 4.90 Å². The maximum Gasteiger partial charge on any atom is 0.471 e. The molecule has 10 heteroatoms. The minimum atomic E-state index is -4.90. The van der Waals surface area contributed by atoms with Crippen LogP contribution in [0.4, 0.5) is 24.5 Å². The second kappa shape index (κ2) is 6.01. The summed E-state index contributed by atoms with van der Waals surface area (Å²) >= 11 is 0. The van der Waals surface area contributed by atoms with Crippen LogP contribution in [0.1, 0.15) is 18.4 Å². The van der Waals surface area contributed by atoms with Crippen LogP contribution in [0.2, 0.25) is 0 Å². The van der Waals surface area contributed by atoms with Crippen molar-refractivity contribution in [2.75, 3.05) is 18.0 Å². The normalized spacial score (nSPS) is 18.4. The number of non-ortho nitro benzene ring substituents is 1. The van der Waals surface area contributed by atoms with Gasteiger partial charge in [0.15, 0.2) is 0 Å². The van der Waals surface area contributed by atoms with Crippen molar-refractivity contribution < 1.29 is 27.7 Å². The maximum absolute atomic E-state index is 12.5. The highest BCUT2D eigenvalue weighted by Gasteiger charge is 2.44. The zero-order valence-corrected chi connectivity index (χ0v) is 13.0. The molecule has 7 nitrogen and oxygen atoms in total. The summed E-state index contributed by atoms with van der Waals surface area (Å²) in [6.07, 6.45) is -4.42. The van der Waals surface area contributed by atoms with E-state index < -0.39 is 17.0 Å². The first-order valence-electron chi connectivity index (χ1n) is 7.64. The number of amides is 2. The number of carbonyl (C=O) groups excluding carboxylic acids is 2. The van der Waals surface area contributed by atoms with E-state index in [4.69, 9.17) is 0 Å². The van der Waals surface area contributed by atoms with E-state index in [1.807, 2.05) is 0 Å². The fraction of sp³-hybridized carbons (Fsp3) is 0.467. The second-order valence-corrected chi connectivity index (χ2v) is 6.03. The Morgan fingerprint density at radius 2 is 1.88 bits per heavy atom. The second-order valence-electron chi connectivity index (χ2n) is 6.03. The molecule has 0 spiro atoms. The molecule has 0 N–H and O–H groups in total. The van der Waals surface area contributed by atoms with Gasteiger partial charge in [0, 0.05) is 37.0 Å². The number of benzene rings is 1. The molecule has 0 saturated carbocycles. The Kier molecular flexibility index (Phi) is 4.13.